The molecule has 0 radical (unpaired) electrons. The maximum absolute atomic E-state index is 12.3. The zero-order valence-corrected chi connectivity index (χ0v) is 12.3. The molecule has 0 atom stereocenters. The van der Waals surface area contributed by atoms with Gasteiger partial charge in [-0.05, 0) is 45.7 Å². The Kier molecular flexibility index (Phi) is 4.88. The molecule has 4 nitrogen and oxygen atoms in total. The van der Waals surface area contributed by atoms with Gasteiger partial charge in [0.1, 0.15) is 5.69 Å². The molecular weight excluding hydrogens is 262 g/mol. The van der Waals surface area contributed by atoms with Gasteiger partial charge in [0, 0.05) is 24.8 Å². The Morgan fingerprint density at radius 2 is 2.00 bits per heavy atom. The number of carbonyl (C=O) groups is 1. The van der Waals surface area contributed by atoms with Gasteiger partial charge in [-0.2, -0.15) is 0 Å². The van der Waals surface area contributed by atoms with E-state index in [2.05, 4.69) is 10.6 Å². The minimum Gasteiger partial charge on any atom is -0.348 e. The number of amides is 1. The minimum atomic E-state index is -0.0124. The maximum Gasteiger partial charge on any atom is 0.268 e. The molecule has 1 saturated carbocycles. The third-order valence-electron chi connectivity index (χ3n) is 3.91. The summed E-state index contributed by atoms with van der Waals surface area (Å²) in [5, 5.41) is 7.03. The van der Waals surface area contributed by atoms with Crippen LogP contribution in [0, 0.1) is 0 Å². The highest BCUT2D eigenvalue weighted by atomic mass is 35.5. The smallest absolute Gasteiger partial charge is 0.268 e. The fourth-order valence-electron chi connectivity index (χ4n) is 2.71. The monoisotopic (exact) mass is 283 g/mol. The third-order valence-corrected chi connectivity index (χ3v) is 4.11. The predicted molar refractivity (Wildman–Crippen MR) is 77.7 cm³/mol. The molecule has 0 aliphatic heterocycles. The van der Waals surface area contributed by atoms with Gasteiger partial charge in [0.2, 0.25) is 0 Å². The van der Waals surface area contributed by atoms with Crippen molar-refractivity contribution in [3.8, 4) is 0 Å². The molecule has 0 bridgehead atoms. The average molecular weight is 284 g/mol. The van der Waals surface area contributed by atoms with Crippen LogP contribution in [-0.2, 0) is 6.54 Å². The van der Waals surface area contributed by atoms with Crippen molar-refractivity contribution in [2.75, 3.05) is 7.05 Å². The lowest BCUT2D eigenvalue weighted by molar-refractivity contribution is 0.0915. The number of hydrogen-bond acceptors (Lipinski definition) is 2. The van der Waals surface area contributed by atoms with Crippen molar-refractivity contribution in [3.05, 3.63) is 23.0 Å². The molecule has 1 aliphatic carbocycles. The molecule has 1 amide bonds. The molecule has 19 heavy (non-hydrogen) atoms. The number of aromatic nitrogens is 1. The first kappa shape index (κ1) is 14.4. The van der Waals surface area contributed by atoms with Crippen molar-refractivity contribution >= 4 is 17.5 Å². The molecule has 0 spiro atoms. The molecule has 1 heterocycles. The molecule has 1 aromatic rings. The van der Waals surface area contributed by atoms with E-state index >= 15 is 0 Å². The summed E-state index contributed by atoms with van der Waals surface area (Å²) in [5.74, 6) is -0.0124. The minimum absolute atomic E-state index is 0.0124. The molecule has 2 rings (SSSR count). The van der Waals surface area contributed by atoms with Crippen LogP contribution >= 0.6 is 11.6 Å². The van der Waals surface area contributed by atoms with Crippen molar-refractivity contribution < 1.29 is 4.79 Å². The van der Waals surface area contributed by atoms with E-state index in [1.54, 1.807) is 12.3 Å². The summed E-state index contributed by atoms with van der Waals surface area (Å²) in [6.45, 7) is 2.76. The number of aryl methyl sites for hydroxylation is 1. The van der Waals surface area contributed by atoms with Gasteiger partial charge in [-0.3, -0.25) is 4.79 Å². The molecule has 0 aromatic carbocycles. The van der Waals surface area contributed by atoms with E-state index in [1.807, 2.05) is 18.5 Å². The number of nitrogens with one attached hydrogen (secondary N) is 2. The molecule has 0 saturated heterocycles. The Hall–Kier alpha value is -1.00. The van der Waals surface area contributed by atoms with Crippen molar-refractivity contribution in [1.82, 2.24) is 15.2 Å². The topological polar surface area (TPSA) is 46.1 Å². The van der Waals surface area contributed by atoms with Crippen LogP contribution in [0.4, 0.5) is 0 Å². The fourth-order valence-corrected chi connectivity index (χ4v) is 2.93. The summed E-state index contributed by atoms with van der Waals surface area (Å²) in [4.78, 5) is 12.3. The largest absolute Gasteiger partial charge is 0.348 e. The van der Waals surface area contributed by atoms with Gasteiger partial charge in [0.25, 0.3) is 5.91 Å². The average Bonchev–Trinajstić information content (AvgIpc) is 2.81. The molecule has 0 unspecified atom stereocenters. The molecule has 1 aromatic heterocycles. The number of nitrogens with zero attached hydrogens (tertiary/aromatic N) is 1. The van der Waals surface area contributed by atoms with Crippen LogP contribution in [0.2, 0.25) is 5.02 Å². The summed E-state index contributed by atoms with van der Waals surface area (Å²) in [5.41, 5.74) is 0.656. The quantitative estimate of drug-likeness (QED) is 0.891. The van der Waals surface area contributed by atoms with Crippen molar-refractivity contribution in [3.63, 3.8) is 0 Å². The second-order valence-electron chi connectivity index (χ2n) is 5.14. The standard InChI is InChI=1S/C14H22ClN3O/c1-3-18-9-10(15)8-13(18)14(19)17-12-6-4-11(16-2)5-7-12/h8-9,11-12,16H,3-7H2,1-2H3,(H,17,19). The van der Waals surface area contributed by atoms with Crippen molar-refractivity contribution in [1.29, 1.82) is 0 Å². The fraction of sp³-hybridized carbons (Fsp3) is 0.643. The van der Waals surface area contributed by atoms with Gasteiger partial charge in [-0.25, -0.2) is 0 Å². The molecular formula is C14H22ClN3O. The van der Waals surface area contributed by atoms with E-state index in [0.717, 1.165) is 32.2 Å². The Morgan fingerprint density at radius 3 is 2.58 bits per heavy atom. The van der Waals surface area contributed by atoms with Crippen molar-refractivity contribution in [2.45, 2.75) is 51.2 Å². The molecule has 1 fully saturated rings. The Morgan fingerprint density at radius 1 is 1.37 bits per heavy atom. The summed E-state index contributed by atoms with van der Waals surface area (Å²) in [7, 11) is 2.00. The molecule has 2 N–H and O–H groups in total. The molecule has 5 heteroatoms. The zero-order chi connectivity index (χ0) is 13.8. The summed E-state index contributed by atoms with van der Waals surface area (Å²) >= 11 is 5.96. The van der Waals surface area contributed by atoms with Gasteiger partial charge in [0.05, 0.1) is 5.02 Å². The van der Waals surface area contributed by atoms with Crippen LogP contribution in [0.3, 0.4) is 0 Å². The van der Waals surface area contributed by atoms with Gasteiger partial charge >= 0.3 is 0 Å². The summed E-state index contributed by atoms with van der Waals surface area (Å²) < 4.78 is 1.89. The second kappa shape index (κ2) is 6.44. The Balaban J connectivity index is 1.94. The number of rotatable bonds is 4. The van der Waals surface area contributed by atoms with Crippen LogP contribution < -0.4 is 10.6 Å². The van der Waals surface area contributed by atoms with E-state index in [9.17, 15) is 4.79 Å². The SMILES string of the molecule is CCn1cc(Cl)cc1C(=O)NC1CCC(NC)CC1. The normalized spacial score (nSPS) is 23.3. The van der Waals surface area contributed by atoms with Crippen LogP contribution in [0.5, 0.6) is 0 Å². The first-order chi connectivity index (χ1) is 9.13. The van der Waals surface area contributed by atoms with Gasteiger partial charge in [-0.1, -0.05) is 11.6 Å². The van der Waals surface area contributed by atoms with Crippen LogP contribution in [0.1, 0.15) is 43.1 Å². The van der Waals surface area contributed by atoms with E-state index < -0.39 is 0 Å². The zero-order valence-electron chi connectivity index (χ0n) is 11.6. The van der Waals surface area contributed by atoms with Crippen LogP contribution in [0.25, 0.3) is 0 Å². The maximum atomic E-state index is 12.3. The number of carbonyl (C=O) groups excluding carboxylic acids is 1. The number of hydrogen-bond donors (Lipinski definition) is 2. The van der Waals surface area contributed by atoms with Crippen LogP contribution in [0.15, 0.2) is 12.3 Å². The Labute approximate surface area is 119 Å². The van der Waals surface area contributed by atoms with Gasteiger partial charge in [-0.15, -0.1) is 0 Å². The predicted octanol–water partition coefficient (Wildman–Crippen LogP) is 2.42. The first-order valence-corrected chi connectivity index (χ1v) is 7.35. The number of halogens is 1. The first-order valence-electron chi connectivity index (χ1n) is 6.97. The lowest BCUT2D eigenvalue weighted by Crippen LogP contribution is -2.41. The highest BCUT2D eigenvalue weighted by Crippen LogP contribution is 2.20. The van der Waals surface area contributed by atoms with Gasteiger partial charge in [0.15, 0.2) is 0 Å². The highest BCUT2D eigenvalue weighted by Gasteiger charge is 2.22. The lowest BCUT2D eigenvalue weighted by atomic mass is 9.91. The lowest BCUT2D eigenvalue weighted by Gasteiger charge is -2.28. The van der Waals surface area contributed by atoms with E-state index in [4.69, 9.17) is 11.6 Å². The highest BCUT2D eigenvalue weighted by molar-refractivity contribution is 6.31. The molecule has 106 valence electrons. The second-order valence-corrected chi connectivity index (χ2v) is 5.58. The van der Waals surface area contributed by atoms with E-state index in [1.165, 1.54) is 0 Å². The van der Waals surface area contributed by atoms with Crippen LogP contribution in [-0.4, -0.2) is 29.6 Å². The van der Waals surface area contributed by atoms with Gasteiger partial charge < -0.3 is 15.2 Å². The van der Waals surface area contributed by atoms with E-state index in [-0.39, 0.29) is 11.9 Å². The Bertz CT molecular complexity index is 436. The van der Waals surface area contributed by atoms with E-state index in [0.29, 0.717) is 16.8 Å². The third kappa shape index (κ3) is 3.51. The summed E-state index contributed by atoms with van der Waals surface area (Å²) in [6.07, 6.45) is 6.12. The molecule has 1 aliphatic rings. The summed E-state index contributed by atoms with van der Waals surface area (Å²) in [6, 6.07) is 2.62. The van der Waals surface area contributed by atoms with Crippen molar-refractivity contribution in [2.24, 2.45) is 0 Å².